The molecule has 0 fully saturated rings. The Labute approximate surface area is 218 Å². The van der Waals surface area contributed by atoms with Gasteiger partial charge in [0.1, 0.15) is 0 Å². The fraction of sp³-hybridized carbons (Fsp3) is 0.714. The van der Waals surface area contributed by atoms with E-state index >= 15 is 0 Å². The van der Waals surface area contributed by atoms with Gasteiger partial charge in [0.05, 0.1) is 0 Å². The Morgan fingerprint density at radius 1 is 0.548 bits per heavy atom. The first kappa shape index (κ1) is 31.4. The zero-order valence-corrected chi connectivity index (χ0v) is 25.0. The summed E-state index contributed by atoms with van der Waals surface area (Å²) in [6.45, 7) is 14.3. The molecule has 0 bridgehead atoms. The molecule has 176 valence electrons. The zero-order chi connectivity index (χ0) is 21.3. The maximum absolute atomic E-state index is 2.81. The van der Waals surface area contributed by atoms with Gasteiger partial charge in [-0.05, 0) is 0 Å². The minimum absolute atomic E-state index is 0. The van der Waals surface area contributed by atoms with Crippen molar-refractivity contribution in [2.24, 2.45) is 0 Å². The Morgan fingerprint density at radius 2 is 0.903 bits per heavy atom. The molecular weight excluding hydrogens is 498 g/mol. The van der Waals surface area contributed by atoms with E-state index in [0.717, 1.165) is 0 Å². The van der Waals surface area contributed by atoms with Crippen molar-refractivity contribution in [3.63, 3.8) is 0 Å². The second-order valence-corrected chi connectivity index (χ2v) is 14.3. The van der Waals surface area contributed by atoms with Gasteiger partial charge in [0.2, 0.25) is 0 Å². The van der Waals surface area contributed by atoms with Crippen LogP contribution < -0.4 is 24.8 Å². The van der Waals surface area contributed by atoms with E-state index in [9.17, 15) is 0 Å². The zero-order valence-electron chi connectivity index (χ0n) is 21.1. The van der Waals surface area contributed by atoms with Gasteiger partial charge in [-0.3, -0.25) is 0 Å². The van der Waals surface area contributed by atoms with Gasteiger partial charge < -0.3 is 24.8 Å². The molecule has 0 aromatic carbocycles. The first-order valence-electron chi connectivity index (χ1n) is 12.7. The van der Waals surface area contributed by atoms with Gasteiger partial charge in [-0.25, -0.2) is 0 Å². The summed E-state index contributed by atoms with van der Waals surface area (Å²) >= 11 is -0.775. The Morgan fingerprint density at radius 3 is 1.19 bits per heavy atom. The van der Waals surface area contributed by atoms with Crippen LogP contribution in [0.25, 0.3) is 0 Å². The number of rotatable bonds is 14. The van der Waals surface area contributed by atoms with Crippen LogP contribution in [-0.4, -0.2) is 0 Å². The van der Waals surface area contributed by atoms with E-state index in [1.54, 1.807) is 11.1 Å². The van der Waals surface area contributed by atoms with Crippen LogP contribution in [0, 0.1) is 0 Å². The average molecular weight is 545 g/mol. The third kappa shape index (κ3) is 7.72. The summed E-state index contributed by atoms with van der Waals surface area (Å²) in [6, 6.07) is 0. The molecule has 0 aromatic heterocycles. The fourth-order valence-corrected chi connectivity index (χ4v) is 12.4. The first-order chi connectivity index (χ1) is 14.0. The van der Waals surface area contributed by atoms with Crippen molar-refractivity contribution in [3.05, 3.63) is 46.6 Å². The Balaban J connectivity index is 0.00000450. The second-order valence-electron chi connectivity index (χ2n) is 9.35. The van der Waals surface area contributed by atoms with Crippen molar-refractivity contribution in [3.8, 4) is 0 Å². The van der Waals surface area contributed by atoms with Crippen LogP contribution in [0.1, 0.15) is 119 Å². The van der Waals surface area contributed by atoms with Gasteiger partial charge in [-0.1, -0.05) is 0 Å². The number of hydrogen-bond donors (Lipinski definition) is 0. The second kappa shape index (κ2) is 15.3. The van der Waals surface area contributed by atoms with Crippen LogP contribution in [0.3, 0.4) is 0 Å². The molecule has 31 heavy (non-hydrogen) atoms. The molecule has 2 aliphatic rings. The summed E-state index contributed by atoms with van der Waals surface area (Å²) in [7, 11) is 0. The molecular formula is C28H46Cl2Zr. The molecule has 0 heterocycles. The standard InChI is InChI=1S/2C14H23.2ClH.Zr/c2*1-4-7-12-10-13(8-5-2)14(11-12)9-6-3;;;/h2*10-11H,4-9H2,1-3H3;2*1H;/q;;;;+2/p-2. The summed E-state index contributed by atoms with van der Waals surface area (Å²) in [4.78, 5) is 0. The summed E-state index contributed by atoms with van der Waals surface area (Å²) in [6.07, 6.45) is 26.6. The van der Waals surface area contributed by atoms with Gasteiger partial charge in [0.15, 0.2) is 0 Å². The largest absolute Gasteiger partial charge is 1.00 e. The van der Waals surface area contributed by atoms with E-state index in [4.69, 9.17) is 0 Å². The van der Waals surface area contributed by atoms with E-state index in [-0.39, 0.29) is 24.8 Å². The average Bonchev–Trinajstić information content (AvgIpc) is 3.16. The quantitative estimate of drug-likeness (QED) is 0.311. The van der Waals surface area contributed by atoms with Crippen LogP contribution in [0.15, 0.2) is 46.6 Å². The van der Waals surface area contributed by atoms with Crippen molar-refractivity contribution < 1.29 is 48.0 Å². The van der Waals surface area contributed by atoms with Crippen LogP contribution in [0.5, 0.6) is 0 Å². The molecule has 0 aromatic rings. The first-order valence-corrected chi connectivity index (χ1v) is 15.1. The SMILES string of the molecule is CCCC1=C[C](CCC)([Zr+2][C]2(CCC)C=C(CCC)C=C2CCC)C(CCC)=C1.[Cl-].[Cl-]. The molecule has 0 spiro atoms. The molecule has 2 unspecified atom stereocenters. The van der Waals surface area contributed by atoms with Crippen molar-refractivity contribution in [1.29, 1.82) is 0 Å². The third-order valence-electron chi connectivity index (χ3n) is 6.58. The monoisotopic (exact) mass is 542 g/mol. The van der Waals surface area contributed by atoms with Crippen LogP contribution in [0.2, 0.25) is 6.25 Å². The number of halogens is 2. The molecule has 0 N–H and O–H groups in total. The molecule has 0 radical (unpaired) electrons. The van der Waals surface area contributed by atoms with E-state index in [1.807, 2.05) is 11.1 Å². The molecule has 3 heteroatoms. The Bertz CT molecular complexity index is 602. The molecule has 0 saturated carbocycles. The Hall–Kier alpha value is 0.423. The summed E-state index contributed by atoms with van der Waals surface area (Å²) in [5.41, 5.74) is 6.96. The van der Waals surface area contributed by atoms with E-state index in [2.05, 4.69) is 65.8 Å². The topological polar surface area (TPSA) is 0 Å². The molecule has 0 amide bonds. The van der Waals surface area contributed by atoms with Gasteiger partial charge in [-0.15, -0.1) is 0 Å². The van der Waals surface area contributed by atoms with Crippen LogP contribution in [0.4, 0.5) is 0 Å². The normalized spacial score (nSPS) is 24.5. The van der Waals surface area contributed by atoms with Crippen LogP contribution in [-0.2, 0) is 23.2 Å². The predicted molar refractivity (Wildman–Crippen MR) is 127 cm³/mol. The van der Waals surface area contributed by atoms with Gasteiger partial charge >= 0.3 is 195 Å². The van der Waals surface area contributed by atoms with E-state index < -0.39 is 23.2 Å². The van der Waals surface area contributed by atoms with Crippen molar-refractivity contribution in [1.82, 2.24) is 0 Å². The molecule has 2 aliphatic carbocycles. The number of hydrogen-bond acceptors (Lipinski definition) is 0. The predicted octanol–water partition coefficient (Wildman–Crippen LogP) is 3.93. The third-order valence-corrected chi connectivity index (χ3v) is 12.3. The molecule has 0 aliphatic heterocycles. The van der Waals surface area contributed by atoms with Crippen molar-refractivity contribution in [2.45, 2.75) is 125 Å². The fourth-order valence-electron chi connectivity index (χ4n) is 5.61. The number of allylic oxidation sites excluding steroid dienone is 8. The van der Waals surface area contributed by atoms with Gasteiger partial charge in [0.25, 0.3) is 0 Å². The summed E-state index contributed by atoms with van der Waals surface area (Å²) in [5, 5.41) is 0. The maximum Gasteiger partial charge on any atom is -1.00 e. The smallest absolute Gasteiger partial charge is 1.00 e. The molecule has 2 rings (SSSR count). The van der Waals surface area contributed by atoms with Crippen molar-refractivity contribution in [2.75, 3.05) is 0 Å². The summed E-state index contributed by atoms with van der Waals surface area (Å²) in [5.74, 6) is 0. The molecule has 0 nitrogen and oxygen atoms in total. The van der Waals surface area contributed by atoms with E-state index in [0.29, 0.717) is 6.25 Å². The van der Waals surface area contributed by atoms with E-state index in [1.165, 1.54) is 77.0 Å². The van der Waals surface area contributed by atoms with Crippen molar-refractivity contribution >= 4 is 0 Å². The van der Waals surface area contributed by atoms with Crippen LogP contribution >= 0.6 is 0 Å². The molecule has 2 atom stereocenters. The Kier molecular flexibility index (Phi) is 15.6. The molecule has 0 saturated heterocycles. The minimum atomic E-state index is -0.775. The maximum atomic E-state index is 2.81. The van der Waals surface area contributed by atoms with Gasteiger partial charge in [0, 0.05) is 0 Å². The minimum Gasteiger partial charge on any atom is -1.00 e. The van der Waals surface area contributed by atoms with Gasteiger partial charge in [-0.2, -0.15) is 0 Å². The summed E-state index contributed by atoms with van der Waals surface area (Å²) < 4.78 is 0.914.